The average molecular weight is 1030 g/mol. The van der Waals surface area contributed by atoms with E-state index in [9.17, 15) is 33.5 Å². The first kappa shape index (κ1) is 52.8. The van der Waals surface area contributed by atoms with Gasteiger partial charge in [-0.2, -0.15) is 0 Å². The van der Waals surface area contributed by atoms with E-state index in [1.165, 1.54) is 4.57 Å². The summed E-state index contributed by atoms with van der Waals surface area (Å²) in [5, 5.41) is 32.6. The van der Waals surface area contributed by atoms with Crippen LogP contribution in [0.2, 0.25) is 0 Å². The van der Waals surface area contributed by atoms with E-state index in [-0.39, 0.29) is 66.6 Å². The number of anilines is 2. The molecular formula is C57H68FN9O8. The molecule has 0 radical (unpaired) electrons. The monoisotopic (exact) mass is 1030 g/mol. The van der Waals surface area contributed by atoms with Crippen molar-refractivity contribution in [3.63, 3.8) is 0 Å². The number of β-amino-alcohol motifs (C(OH)–C–C–N with tert-alkyl or cyclic N) is 1. The van der Waals surface area contributed by atoms with Gasteiger partial charge in [-0.3, -0.25) is 38.4 Å². The van der Waals surface area contributed by atoms with Gasteiger partial charge in [-0.15, -0.1) is 0 Å². The number of nitrogens with one attached hydrogen (secondary N) is 4. The minimum atomic E-state index is -0.986. The molecule has 5 aromatic rings. The molecule has 0 bridgehead atoms. The van der Waals surface area contributed by atoms with Gasteiger partial charge >= 0.3 is 5.69 Å². The third-order valence-corrected chi connectivity index (χ3v) is 16.1. The minimum absolute atomic E-state index is 0.0860. The van der Waals surface area contributed by atoms with Crippen LogP contribution in [0.4, 0.5) is 15.8 Å². The molecule has 1 aromatic heterocycles. The molecule has 18 heteroatoms. The van der Waals surface area contributed by atoms with Gasteiger partial charge in [-0.05, 0) is 130 Å². The van der Waals surface area contributed by atoms with Gasteiger partial charge in [-0.1, -0.05) is 48.2 Å². The minimum Gasteiger partial charge on any atom is -0.483 e. The molecule has 4 amide bonds. The molecule has 5 saturated heterocycles. The highest BCUT2D eigenvalue weighted by atomic mass is 19.1. The molecule has 5 aliphatic rings. The number of imidazole rings is 1. The standard InChI is InChI=1S/C56H66FN9O6.CH2O2/c1-35-8-12-40(60-47-33-58-32-46(47)57)30-45(35)52(68)59-36(2)42-14-11-38(43-6-4-5-7-44(42)43)10-9-37-18-24-63(25-19-37)34-56(72)22-28-65(29-23-56)54(70)39-20-26-64(27-21-39)41-13-15-48-50(31-41)62(3)55(71)66(48)49-16-17-51(67)61-53(49)69;2-1-3/h4-8,11-15,30-31,36-37,39,46-47,49,58,60,72H,16-29,32-34H2,1-3H3,(H,59,68)(H,61,67,69);1H,(H,2,3)/t36-,46-,47+,49?;/m1./s1. The van der Waals surface area contributed by atoms with Crippen LogP contribution in [0.5, 0.6) is 0 Å². The number of aryl methyl sites for hydroxylation is 2. The average Bonchev–Trinajstić information content (AvgIpc) is 3.93. The number of fused-ring (bicyclic) bond motifs is 2. The number of carbonyl (C=O) groups excluding carboxylic acids is 4. The fourth-order valence-corrected chi connectivity index (χ4v) is 11.7. The van der Waals surface area contributed by atoms with E-state index in [1.54, 1.807) is 17.7 Å². The molecule has 10 rings (SSSR count). The van der Waals surface area contributed by atoms with E-state index in [0.29, 0.717) is 88.1 Å². The fraction of sp³-hybridized carbons (Fsp3) is 0.474. The molecule has 396 valence electrons. The van der Waals surface area contributed by atoms with Crippen molar-refractivity contribution in [2.45, 2.75) is 95.1 Å². The van der Waals surface area contributed by atoms with Gasteiger partial charge < -0.3 is 40.9 Å². The molecular weight excluding hydrogens is 958 g/mol. The number of halogens is 1. The van der Waals surface area contributed by atoms with Crippen LogP contribution in [0.15, 0.2) is 77.6 Å². The van der Waals surface area contributed by atoms with Crippen molar-refractivity contribution in [3.05, 3.63) is 106 Å². The molecule has 6 N–H and O–H groups in total. The summed E-state index contributed by atoms with van der Waals surface area (Å²) in [6, 6.07) is 22.3. The van der Waals surface area contributed by atoms with E-state index in [2.05, 4.69) is 67.2 Å². The van der Waals surface area contributed by atoms with Crippen molar-refractivity contribution in [2.75, 3.05) is 69.1 Å². The van der Waals surface area contributed by atoms with E-state index < -0.39 is 23.7 Å². The zero-order valence-corrected chi connectivity index (χ0v) is 42.9. The first-order chi connectivity index (χ1) is 36.1. The summed E-state index contributed by atoms with van der Waals surface area (Å²) in [4.78, 5) is 80.0. The summed E-state index contributed by atoms with van der Waals surface area (Å²) in [5.74, 6) is 6.42. The summed E-state index contributed by atoms with van der Waals surface area (Å²) in [6.07, 6.45) is 3.83. The first-order valence-electron chi connectivity index (χ1n) is 26.3. The maximum absolute atomic E-state index is 14.3. The van der Waals surface area contributed by atoms with E-state index >= 15 is 0 Å². The van der Waals surface area contributed by atoms with Gasteiger partial charge in [0.15, 0.2) is 0 Å². The Bertz CT molecular complexity index is 3080. The molecule has 0 spiro atoms. The van der Waals surface area contributed by atoms with Crippen molar-refractivity contribution >= 4 is 63.3 Å². The number of hydrogen-bond donors (Lipinski definition) is 6. The third-order valence-electron chi connectivity index (χ3n) is 16.1. The lowest BCUT2D eigenvalue weighted by Crippen LogP contribution is -2.54. The smallest absolute Gasteiger partial charge is 0.329 e. The van der Waals surface area contributed by atoms with Crippen LogP contribution < -0.4 is 31.9 Å². The van der Waals surface area contributed by atoms with Crippen LogP contribution in [0.1, 0.15) is 97.4 Å². The van der Waals surface area contributed by atoms with Crippen molar-refractivity contribution in [2.24, 2.45) is 18.9 Å². The van der Waals surface area contributed by atoms with Crippen molar-refractivity contribution in [1.82, 2.24) is 34.9 Å². The highest BCUT2D eigenvalue weighted by molar-refractivity contribution is 6.00. The molecule has 5 fully saturated rings. The van der Waals surface area contributed by atoms with Crippen molar-refractivity contribution < 1.29 is 38.6 Å². The number of rotatable bonds is 10. The summed E-state index contributed by atoms with van der Waals surface area (Å²) < 4.78 is 17.3. The topological polar surface area (TPSA) is 211 Å². The predicted octanol–water partition coefficient (Wildman–Crippen LogP) is 5.03. The molecule has 75 heavy (non-hydrogen) atoms. The Labute approximate surface area is 435 Å². The second kappa shape index (κ2) is 22.8. The number of hydrogen-bond acceptors (Lipinski definition) is 11. The second-order valence-corrected chi connectivity index (χ2v) is 21.0. The number of carboxylic acid groups (broad SMARTS) is 1. The molecule has 6 heterocycles. The lowest BCUT2D eigenvalue weighted by molar-refractivity contribution is -0.141. The van der Waals surface area contributed by atoms with Crippen LogP contribution in [-0.2, 0) is 26.2 Å². The number of likely N-dealkylation sites (tertiary alicyclic amines) is 2. The van der Waals surface area contributed by atoms with Crippen molar-refractivity contribution in [3.8, 4) is 11.8 Å². The predicted molar refractivity (Wildman–Crippen MR) is 285 cm³/mol. The Morgan fingerprint density at radius 1 is 0.893 bits per heavy atom. The maximum atomic E-state index is 14.3. The number of aromatic nitrogens is 2. The number of alkyl halides is 1. The number of piperidine rings is 4. The highest BCUT2D eigenvalue weighted by Crippen LogP contribution is 2.33. The van der Waals surface area contributed by atoms with E-state index in [0.717, 1.165) is 64.8 Å². The van der Waals surface area contributed by atoms with Gasteiger partial charge in [-0.25, -0.2) is 9.18 Å². The number of nitrogens with zero attached hydrogens (tertiary/aromatic N) is 5. The molecule has 5 aliphatic heterocycles. The summed E-state index contributed by atoms with van der Waals surface area (Å²) in [6.45, 7) is 9.26. The van der Waals surface area contributed by atoms with Crippen LogP contribution in [0.25, 0.3) is 21.8 Å². The Morgan fingerprint density at radius 3 is 2.31 bits per heavy atom. The van der Waals surface area contributed by atoms with Crippen LogP contribution in [0.3, 0.4) is 0 Å². The van der Waals surface area contributed by atoms with Crippen molar-refractivity contribution in [1.29, 1.82) is 0 Å². The van der Waals surface area contributed by atoms with Gasteiger partial charge in [0, 0.05) is 93.6 Å². The number of benzene rings is 4. The lowest BCUT2D eigenvalue weighted by Gasteiger charge is -2.43. The van der Waals surface area contributed by atoms with E-state index in [1.807, 2.05) is 61.2 Å². The Balaban J connectivity index is 0.00000224. The second-order valence-electron chi connectivity index (χ2n) is 21.0. The zero-order valence-electron chi connectivity index (χ0n) is 42.9. The quantitative estimate of drug-likeness (QED) is 0.0619. The summed E-state index contributed by atoms with van der Waals surface area (Å²) in [7, 11) is 1.69. The van der Waals surface area contributed by atoms with Crippen LogP contribution in [0, 0.1) is 30.6 Å². The van der Waals surface area contributed by atoms with Gasteiger partial charge in [0.2, 0.25) is 17.7 Å². The highest BCUT2D eigenvalue weighted by Gasteiger charge is 2.39. The van der Waals surface area contributed by atoms with E-state index in [4.69, 9.17) is 9.90 Å². The fourth-order valence-electron chi connectivity index (χ4n) is 11.7. The van der Waals surface area contributed by atoms with Gasteiger partial charge in [0.05, 0.1) is 28.7 Å². The Hall–Kier alpha value is -7.07. The molecule has 1 unspecified atom stereocenters. The normalized spacial score (nSPS) is 21.9. The molecule has 4 atom stereocenters. The lowest BCUT2D eigenvalue weighted by atomic mass is 9.87. The number of aliphatic hydroxyl groups is 1. The molecule has 4 aromatic carbocycles. The summed E-state index contributed by atoms with van der Waals surface area (Å²) >= 11 is 0. The molecule has 0 aliphatic carbocycles. The van der Waals surface area contributed by atoms with Gasteiger partial charge in [0.25, 0.3) is 12.4 Å². The summed E-state index contributed by atoms with van der Waals surface area (Å²) in [5.41, 5.74) is 5.24. The van der Waals surface area contributed by atoms with Crippen LogP contribution >= 0.6 is 0 Å². The molecule has 17 nitrogen and oxygen atoms in total. The Kier molecular flexibility index (Phi) is 16.1. The first-order valence-corrected chi connectivity index (χ1v) is 26.3. The largest absolute Gasteiger partial charge is 0.483 e. The number of carbonyl (C=O) groups is 5. The third kappa shape index (κ3) is 11.6. The SMILES string of the molecule is Cc1ccc(N[C@H]2CNC[C@H]2F)cc1C(=O)N[C@H](C)c1ccc(C#CC2CCN(CC3(O)CCN(C(=O)C4CCN(c5ccc6c(c5)n(C)c(=O)n6C5CCC(=O)NC5=O)CC4)CC3)CC2)c2ccccc12.O=CO. The van der Waals surface area contributed by atoms with Gasteiger partial charge in [0.1, 0.15) is 12.2 Å². The van der Waals surface area contributed by atoms with Crippen LogP contribution in [-0.4, -0.2) is 136 Å². The number of imide groups is 1. The number of amides is 4. The Morgan fingerprint density at radius 2 is 1.61 bits per heavy atom. The molecule has 0 saturated carbocycles. The zero-order chi connectivity index (χ0) is 53.0. The maximum Gasteiger partial charge on any atom is 0.329 e.